The fraction of sp³-hybridized carbons (Fsp3) is 0. The van der Waals surface area contributed by atoms with E-state index in [1.54, 1.807) is 12.4 Å². The fourth-order valence-electron chi connectivity index (χ4n) is 1.00. The van der Waals surface area contributed by atoms with Gasteiger partial charge in [-0.3, -0.25) is 0 Å². The molecule has 0 aliphatic carbocycles. The summed E-state index contributed by atoms with van der Waals surface area (Å²) in [6, 6.07) is 3.93. The molecule has 2 aromatic heterocycles. The number of hydrogen-bond donors (Lipinski definition) is 1. The number of H-pyrrole nitrogens is 1. The van der Waals surface area contributed by atoms with Gasteiger partial charge in [0.05, 0.1) is 12.4 Å². The van der Waals surface area contributed by atoms with E-state index in [0.717, 1.165) is 15.7 Å². The van der Waals surface area contributed by atoms with Gasteiger partial charge >= 0.3 is 0 Å². The molecule has 2 aromatic rings. The van der Waals surface area contributed by atoms with Crippen LogP contribution >= 0.6 is 15.9 Å². The van der Waals surface area contributed by atoms with Crippen molar-refractivity contribution in [3.05, 3.63) is 35.2 Å². The zero-order chi connectivity index (χ0) is 8.39. The molecule has 0 amide bonds. The van der Waals surface area contributed by atoms with Gasteiger partial charge in [-0.1, -0.05) is 0 Å². The van der Waals surface area contributed by atoms with Crippen LogP contribution in [0, 0.1) is 0 Å². The summed E-state index contributed by atoms with van der Waals surface area (Å²) >= 11 is 3.40. The van der Waals surface area contributed by atoms with Crippen LogP contribution < -0.4 is 0 Å². The number of aromatic nitrogens is 3. The molecule has 2 heterocycles. The lowest BCUT2D eigenvalue weighted by atomic mass is 10.2. The van der Waals surface area contributed by atoms with E-state index in [4.69, 9.17) is 0 Å². The Morgan fingerprint density at radius 2 is 2.08 bits per heavy atom. The second kappa shape index (κ2) is 3.06. The van der Waals surface area contributed by atoms with Gasteiger partial charge < -0.3 is 4.98 Å². The maximum absolute atomic E-state index is 3.80. The van der Waals surface area contributed by atoms with Crippen LogP contribution in [0.2, 0.25) is 0 Å². The van der Waals surface area contributed by atoms with Gasteiger partial charge in [0.1, 0.15) is 0 Å². The largest absolute Gasteiger partial charge is 0.361 e. The highest BCUT2D eigenvalue weighted by Gasteiger charge is 2.02. The molecule has 0 saturated carbocycles. The first-order chi connectivity index (χ1) is 5.88. The van der Waals surface area contributed by atoms with E-state index >= 15 is 0 Å². The van der Waals surface area contributed by atoms with Gasteiger partial charge in [-0.2, -0.15) is 10.2 Å². The minimum absolute atomic E-state index is 0.944. The van der Waals surface area contributed by atoms with Crippen molar-refractivity contribution in [1.82, 2.24) is 15.2 Å². The molecule has 0 aliphatic heterocycles. The summed E-state index contributed by atoms with van der Waals surface area (Å²) in [4.78, 5) is 3.10. The maximum atomic E-state index is 3.80. The zero-order valence-electron chi connectivity index (χ0n) is 6.16. The Hall–Kier alpha value is -1.16. The SMILES string of the molecule is Brc1cnncc1-c1ccc[nH]1. The standard InChI is InChI=1S/C8H6BrN3/c9-7-5-12-11-4-6(7)8-2-1-3-10-8/h1-5,10H. The Morgan fingerprint density at radius 3 is 2.75 bits per heavy atom. The molecule has 0 bridgehead atoms. The second-order valence-electron chi connectivity index (χ2n) is 2.33. The fourth-order valence-corrected chi connectivity index (χ4v) is 1.41. The molecule has 0 radical (unpaired) electrons. The van der Waals surface area contributed by atoms with Gasteiger partial charge in [-0.15, -0.1) is 0 Å². The van der Waals surface area contributed by atoms with Crippen LogP contribution in [0.25, 0.3) is 11.3 Å². The number of nitrogens with one attached hydrogen (secondary N) is 1. The Kier molecular flexibility index (Phi) is 1.91. The van der Waals surface area contributed by atoms with Crippen LogP contribution in [0.5, 0.6) is 0 Å². The topological polar surface area (TPSA) is 41.6 Å². The smallest absolute Gasteiger partial charge is 0.0645 e. The van der Waals surface area contributed by atoms with E-state index in [2.05, 4.69) is 31.1 Å². The van der Waals surface area contributed by atoms with E-state index in [9.17, 15) is 0 Å². The normalized spacial score (nSPS) is 10.1. The molecule has 0 spiro atoms. The van der Waals surface area contributed by atoms with Gasteiger partial charge in [0.15, 0.2) is 0 Å². The number of aromatic amines is 1. The Morgan fingerprint density at radius 1 is 1.25 bits per heavy atom. The van der Waals surface area contributed by atoms with Gasteiger partial charge in [0.25, 0.3) is 0 Å². The zero-order valence-corrected chi connectivity index (χ0v) is 7.75. The molecule has 0 aromatic carbocycles. The summed E-state index contributed by atoms with van der Waals surface area (Å²) in [7, 11) is 0. The molecule has 0 unspecified atom stereocenters. The summed E-state index contributed by atoms with van der Waals surface area (Å²) in [5, 5.41) is 7.55. The van der Waals surface area contributed by atoms with Crippen LogP contribution in [0.1, 0.15) is 0 Å². The predicted molar refractivity (Wildman–Crippen MR) is 49.5 cm³/mol. The van der Waals surface area contributed by atoms with E-state index in [1.807, 2.05) is 18.3 Å². The number of halogens is 1. The lowest BCUT2D eigenvalue weighted by Crippen LogP contribution is -1.84. The first-order valence-corrected chi connectivity index (χ1v) is 4.27. The molecule has 12 heavy (non-hydrogen) atoms. The third kappa shape index (κ3) is 1.25. The summed E-state index contributed by atoms with van der Waals surface area (Å²) in [6.07, 6.45) is 5.27. The lowest BCUT2D eigenvalue weighted by Gasteiger charge is -1.97. The van der Waals surface area contributed by atoms with Crippen molar-refractivity contribution in [2.45, 2.75) is 0 Å². The van der Waals surface area contributed by atoms with Crippen molar-refractivity contribution >= 4 is 15.9 Å². The minimum atomic E-state index is 0.944. The van der Waals surface area contributed by atoms with Crippen LogP contribution in [0.15, 0.2) is 35.2 Å². The third-order valence-electron chi connectivity index (χ3n) is 1.57. The molecule has 0 saturated heterocycles. The van der Waals surface area contributed by atoms with Crippen LogP contribution in [0.3, 0.4) is 0 Å². The first kappa shape index (κ1) is 7.49. The molecular formula is C8H6BrN3. The van der Waals surface area contributed by atoms with Crippen molar-refractivity contribution in [1.29, 1.82) is 0 Å². The van der Waals surface area contributed by atoms with E-state index in [-0.39, 0.29) is 0 Å². The van der Waals surface area contributed by atoms with Crippen molar-refractivity contribution in [3.63, 3.8) is 0 Å². The number of hydrogen-bond acceptors (Lipinski definition) is 2. The molecule has 2 rings (SSSR count). The van der Waals surface area contributed by atoms with Gasteiger partial charge in [0.2, 0.25) is 0 Å². The van der Waals surface area contributed by atoms with Gasteiger partial charge in [0, 0.05) is 21.9 Å². The van der Waals surface area contributed by atoms with Crippen molar-refractivity contribution in [2.24, 2.45) is 0 Å². The molecule has 4 heteroatoms. The molecule has 1 N–H and O–H groups in total. The van der Waals surface area contributed by atoms with E-state index in [1.165, 1.54) is 0 Å². The molecule has 0 atom stereocenters. The first-order valence-electron chi connectivity index (χ1n) is 3.48. The van der Waals surface area contributed by atoms with Crippen LogP contribution in [-0.2, 0) is 0 Å². The average molecular weight is 224 g/mol. The number of rotatable bonds is 1. The van der Waals surface area contributed by atoms with E-state index < -0.39 is 0 Å². The molecule has 0 aliphatic rings. The van der Waals surface area contributed by atoms with Crippen LogP contribution in [0.4, 0.5) is 0 Å². The van der Waals surface area contributed by atoms with Gasteiger partial charge in [-0.05, 0) is 28.1 Å². The van der Waals surface area contributed by atoms with Crippen molar-refractivity contribution < 1.29 is 0 Å². The van der Waals surface area contributed by atoms with Crippen LogP contribution in [-0.4, -0.2) is 15.2 Å². The monoisotopic (exact) mass is 223 g/mol. The molecular weight excluding hydrogens is 218 g/mol. The predicted octanol–water partition coefficient (Wildman–Crippen LogP) is 2.23. The third-order valence-corrected chi connectivity index (χ3v) is 2.20. The Balaban J connectivity index is 2.55. The Bertz CT molecular complexity index is 370. The summed E-state index contributed by atoms with van der Waals surface area (Å²) in [5.74, 6) is 0. The molecule has 3 nitrogen and oxygen atoms in total. The second-order valence-corrected chi connectivity index (χ2v) is 3.19. The highest BCUT2D eigenvalue weighted by Crippen LogP contribution is 2.24. The van der Waals surface area contributed by atoms with Gasteiger partial charge in [-0.25, -0.2) is 0 Å². The highest BCUT2D eigenvalue weighted by molar-refractivity contribution is 9.10. The molecule has 0 fully saturated rings. The van der Waals surface area contributed by atoms with E-state index in [0.29, 0.717) is 0 Å². The minimum Gasteiger partial charge on any atom is -0.361 e. The summed E-state index contributed by atoms with van der Waals surface area (Å²) in [6.45, 7) is 0. The number of nitrogens with zero attached hydrogens (tertiary/aromatic N) is 2. The lowest BCUT2D eigenvalue weighted by molar-refractivity contribution is 1.02. The quantitative estimate of drug-likeness (QED) is 0.806. The highest BCUT2D eigenvalue weighted by atomic mass is 79.9. The summed E-state index contributed by atoms with van der Waals surface area (Å²) in [5.41, 5.74) is 2.06. The Labute approximate surface area is 78.0 Å². The molecule has 60 valence electrons. The average Bonchev–Trinajstić information content (AvgIpc) is 2.57. The van der Waals surface area contributed by atoms with Crippen molar-refractivity contribution in [3.8, 4) is 11.3 Å². The summed E-state index contributed by atoms with van der Waals surface area (Å²) < 4.78 is 0.944. The maximum Gasteiger partial charge on any atom is 0.0645 e. The van der Waals surface area contributed by atoms with Crippen molar-refractivity contribution in [2.75, 3.05) is 0 Å².